The lowest BCUT2D eigenvalue weighted by Crippen LogP contribution is -2.42. The molecular weight excluding hydrogens is 492 g/mol. The van der Waals surface area contributed by atoms with E-state index >= 15 is 0 Å². The number of aliphatic carboxylic acids is 1. The Hall–Kier alpha value is -2.53. The standard InChI is InChI=1S/C25H27F6NO4/c26-24(27,28)17-3-5-18(6-4-17)36-21-8-2-16-11-15(1-7-20(16)23(21)25(29,30)31)13-32-9-10-35-19(14-32)12-22(33)34/h1-2,7-8,11,17-19H,3-6,9-10,12-14H2,(H,33,34). The Labute approximate surface area is 204 Å². The van der Waals surface area contributed by atoms with Gasteiger partial charge >= 0.3 is 18.3 Å². The maximum Gasteiger partial charge on any atom is 0.420 e. The highest BCUT2D eigenvalue weighted by atomic mass is 19.4. The first-order valence-electron chi connectivity index (χ1n) is 11.8. The predicted octanol–water partition coefficient (Wildman–Crippen LogP) is 6.03. The Kier molecular flexibility index (Phi) is 7.70. The number of benzene rings is 2. The summed E-state index contributed by atoms with van der Waals surface area (Å²) in [4.78, 5) is 13.0. The number of rotatable bonds is 6. The van der Waals surface area contributed by atoms with Crippen LogP contribution in [0.25, 0.3) is 10.8 Å². The fraction of sp³-hybridized carbons (Fsp3) is 0.560. The smallest absolute Gasteiger partial charge is 0.420 e. The Morgan fingerprint density at radius 1 is 1.06 bits per heavy atom. The molecule has 1 saturated heterocycles. The molecule has 2 aromatic carbocycles. The molecule has 2 aliphatic rings. The first-order chi connectivity index (χ1) is 16.9. The van der Waals surface area contributed by atoms with Crippen LogP contribution >= 0.6 is 0 Å². The monoisotopic (exact) mass is 519 g/mol. The lowest BCUT2D eigenvalue weighted by atomic mass is 9.87. The molecule has 1 N–H and O–H groups in total. The molecule has 1 atom stereocenters. The molecule has 5 nitrogen and oxygen atoms in total. The van der Waals surface area contributed by atoms with Crippen LogP contribution in [0.1, 0.15) is 43.2 Å². The molecule has 1 aliphatic heterocycles. The predicted molar refractivity (Wildman–Crippen MR) is 119 cm³/mol. The molecule has 4 rings (SSSR count). The van der Waals surface area contributed by atoms with Crippen molar-refractivity contribution in [3.63, 3.8) is 0 Å². The van der Waals surface area contributed by atoms with Crippen LogP contribution in [-0.4, -0.2) is 54.1 Å². The van der Waals surface area contributed by atoms with E-state index in [0.717, 1.165) is 5.56 Å². The molecule has 36 heavy (non-hydrogen) atoms. The van der Waals surface area contributed by atoms with E-state index < -0.39 is 42.0 Å². The molecule has 0 spiro atoms. The molecule has 1 saturated carbocycles. The van der Waals surface area contributed by atoms with E-state index in [-0.39, 0.29) is 43.2 Å². The summed E-state index contributed by atoms with van der Waals surface area (Å²) in [5, 5.41) is 9.30. The molecular formula is C25H27F6NO4. The molecule has 11 heteroatoms. The largest absolute Gasteiger partial charge is 0.490 e. The number of carboxylic acids is 1. The lowest BCUT2D eigenvalue weighted by molar-refractivity contribution is -0.185. The zero-order valence-electron chi connectivity index (χ0n) is 19.4. The van der Waals surface area contributed by atoms with Gasteiger partial charge in [-0.2, -0.15) is 26.3 Å². The van der Waals surface area contributed by atoms with Gasteiger partial charge < -0.3 is 14.6 Å². The quantitative estimate of drug-likeness (QED) is 0.472. The molecule has 2 aromatic rings. The highest BCUT2D eigenvalue weighted by Gasteiger charge is 2.42. The van der Waals surface area contributed by atoms with Crippen molar-refractivity contribution in [2.45, 2.75) is 63.2 Å². The first-order valence-corrected chi connectivity index (χ1v) is 11.8. The van der Waals surface area contributed by atoms with Gasteiger partial charge in [0.05, 0.1) is 31.2 Å². The number of ether oxygens (including phenoxy) is 2. The zero-order chi connectivity index (χ0) is 26.1. The minimum absolute atomic E-state index is 0.0425. The summed E-state index contributed by atoms with van der Waals surface area (Å²) < 4.78 is 92.1. The van der Waals surface area contributed by atoms with E-state index in [1.165, 1.54) is 18.2 Å². The van der Waals surface area contributed by atoms with Crippen molar-refractivity contribution < 1.29 is 45.7 Å². The number of carbonyl (C=O) groups is 1. The third-order valence-corrected chi connectivity index (χ3v) is 6.79. The maximum absolute atomic E-state index is 14.1. The van der Waals surface area contributed by atoms with Gasteiger partial charge in [-0.05, 0) is 54.2 Å². The van der Waals surface area contributed by atoms with Gasteiger partial charge in [0.1, 0.15) is 11.3 Å². The summed E-state index contributed by atoms with van der Waals surface area (Å²) in [7, 11) is 0. The van der Waals surface area contributed by atoms with Crippen LogP contribution in [0.15, 0.2) is 30.3 Å². The minimum atomic E-state index is -4.71. The van der Waals surface area contributed by atoms with Crippen molar-refractivity contribution in [1.82, 2.24) is 4.90 Å². The Morgan fingerprint density at radius 3 is 2.42 bits per heavy atom. The van der Waals surface area contributed by atoms with Crippen molar-refractivity contribution in [3.8, 4) is 5.75 Å². The second kappa shape index (κ2) is 10.5. The van der Waals surface area contributed by atoms with Gasteiger partial charge in [-0.1, -0.05) is 18.2 Å². The third-order valence-electron chi connectivity index (χ3n) is 6.79. The van der Waals surface area contributed by atoms with Crippen LogP contribution in [0.5, 0.6) is 5.75 Å². The number of nitrogens with zero attached hydrogens (tertiary/aromatic N) is 1. The van der Waals surface area contributed by atoms with E-state index in [9.17, 15) is 31.1 Å². The molecule has 1 heterocycles. The van der Waals surface area contributed by atoms with Crippen molar-refractivity contribution >= 4 is 16.7 Å². The number of carboxylic acid groups (broad SMARTS) is 1. The second-order valence-corrected chi connectivity index (χ2v) is 9.45. The Balaban J connectivity index is 1.51. The molecule has 1 unspecified atom stereocenters. The molecule has 0 aromatic heterocycles. The van der Waals surface area contributed by atoms with Crippen molar-refractivity contribution in [3.05, 3.63) is 41.5 Å². The number of hydrogen-bond acceptors (Lipinski definition) is 4. The summed E-state index contributed by atoms with van der Waals surface area (Å²) in [6.07, 6.45) is -10.5. The van der Waals surface area contributed by atoms with Crippen molar-refractivity contribution in [2.75, 3.05) is 19.7 Å². The number of alkyl halides is 6. The zero-order valence-corrected chi connectivity index (χ0v) is 19.4. The molecule has 0 radical (unpaired) electrons. The van der Waals surface area contributed by atoms with Crippen molar-refractivity contribution in [2.24, 2.45) is 5.92 Å². The second-order valence-electron chi connectivity index (χ2n) is 9.45. The van der Waals surface area contributed by atoms with Crippen LogP contribution in [0, 0.1) is 5.92 Å². The number of fused-ring (bicyclic) bond motifs is 1. The van der Waals surface area contributed by atoms with Gasteiger partial charge in [-0.15, -0.1) is 0 Å². The summed E-state index contributed by atoms with van der Waals surface area (Å²) in [5.41, 5.74) is -0.164. The molecule has 1 aliphatic carbocycles. The fourth-order valence-electron chi connectivity index (χ4n) is 5.04. The number of hydrogen-bond donors (Lipinski definition) is 1. The van der Waals surface area contributed by atoms with Gasteiger partial charge in [-0.3, -0.25) is 9.69 Å². The Morgan fingerprint density at radius 2 is 1.78 bits per heavy atom. The van der Waals surface area contributed by atoms with Gasteiger partial charge in [0, 0.05) is 19.6 Å². The highest BCUT2D eigenvalue weighted by Crippen LogP contribution is 2.44. The first kappa shape index (κ1) is 26.5. The highest BCUT2D eigenvalue weighted by molar-refractivity contribution is 5.89. The van der Waals surface area contributed by atoms with E-state index in [4.69, 9.17) is 14.6 Å². The Bertz CT molecular complexity index is 1080. The van der Waals surface area contributed by atoms with Crippen LogP contribution < -0.4 is 4.74 Å². The maximum atomic E-state index is 14.1. The normalized spacial score (nSPS) is 24.1. The van der Waals surface area contributed by atoms with Crippen LogP contribution in [0.2, 0.25) is 0 Å². The summed E-state index contributed by atoms with van der Waals surface area (Å²) in [6.45, 7) is 1.78. The molecule has 2 fully saturated rings. The minimum Gasteiger partial charge on any atom is -0.490 e. The molecule has 198 valence electrons. The number of halogens is 6. The van der Waals surface area contributed by atoms with Gasteiger partial charge in [0.25, 0.3) is 0 Å². The van der Waals surface area contributed by atoms with Crippen LogP contribution in [0.4, 0.5) is 26.3 Å². The van der Waals surface area contributed by atoms with E-state index in [1.807, 2.05) is 4.90 Å². The average molecular weight is 519 g/mol. The summed E-state index contributed by atoms with van der Waals surface area (Å²) in [5.74, 6) is -2.78. The van der Waals surface area contributed by atoms with E-state index in [0.29, 0.717) is 31.6 Å². The number of morpholine rings is 1. The third kappa shape index (κ3) is 6.42. The van der Waals surface area contributed by atoms with Crippen LogP contribution in [0.3, 0.4) is 0 Å². The van der Waals surface area contributed by atoms with Gasteiger partial charge in [0.15, 0.2) is 0 Å². The fourth-order valence-corrected chi connectivity index (χ4v) is 5.04. The summed E-state index contributed by atoms with van der Waals surface area (Å²) in [6, 6.07) is 7.40. The lowest BCUT2D eigenvalue weighted by Gasteiger charge is -2.32. The van der Waals surface area contributed by atoms with E-state index in [1.54, 1.807) is 12.1 Å². The van der Waals surface area contributed by atoms with Crippen molar-refractivity contribution in [1.29, 1.82) is 0 Å². The van der Waals surface area contributed by atoms with Gasteiger partial charge in [0.2, 0.25) is 0 Å². The van der Waals surface area contributed by atoms with E-state index in [2.05, 4.69) is 0 Å². The average Bonchev–Trinajstić information content (AvgIpc) is 2.78. The van der Waals surface area contributed by atoms with Crippen LogP contribution in [-0.2, 0) is 22.3 Å². The van der Waals surface area contributed by atoms with Gasteiger partial charge in [-0.25, -0.2) is 0 Å². The topological polar surface area (TPSA) is 59.0 Å². The SMILES string of the molecule is O=C(O)CC1CN(Cc2ccc3c(C(F)(F)F)c(OC4CCC(C(F)(F)F)CC4)ccc3c2)CCO1. The molecule has 0 bridgehead atoms. The summed E-state index contributed by atoms with van der Waals surface area (Å²) >= 11 is 0. The molecule has 0 amide bonds.